The summed E-state index contributed by atoms with van der Waals surface area (Å²) in [5, 5.41) is 4.51. The van der Waals surface area contributed by atoms with E-state index < -0.39 is 0 Å². The van der Waals surface area contributed by atoms with Gasteiger partial charge in [-0.05, 0) is 93.6 Å². The highest BCUT2D eigenvalue weighted by Gasteiger charge is 2.32. The minimum absolute atomic E-state index is 0.145. The van der Waals surface area contributed by atoms with E-state index >= 15 is 0 Å². The molecule has 2 aliphatic heterocycles. The van der Waals surface area contributed by atoms with Gasteiger partial charge >= 0.3 is 0 Å². The summed E-state index contributed by atoms with van der Waals surface area (Å²) < 4.78 is 2.06. The van der Waals surface area contributed by atoms with Crippen molar-refractivity contribution in [3.8, 4) is 0 Å². The first-order valence-electron chi connectivity index (χ1n) is 13.1. The number of thiocarbonyl (C=S) groups is 1. The Hall–Kier alpha value is -3.45. The van der Waals surface area contributed by atoms with E-state index in [1.54, 1.807) is 4.90 Å². The summed E-state index contributed by atoms with van der Waals surface area (Å²) in [6.07, 6.45) is 8.01. The molecule has 2 fully saturated rings. The lowest BCUT2D eigenvalue weighted by molar-refractivity contribution is -0.135. The molecule has 2 aromatic carbocycles. The van der Waals surface area contributed by atoms with Crippen LogP contribution in [0.25, 0.3) is 17.0 Å². The molecule has 0 saturated carbocycles. The van der Waals surface area contributed by atoms with Gasteiger partial charge in [0.15, 0.2) is 5.11 Å². The van der Waals surface area contributed by atoms with Crippen molar-refractivity contribution in [1.82, 2.24) is 14.8 Å². The molecule has 1 N–H and O–H groups in total. The Morgan fingerprint density at radius 2 is 1.97 bits per heavy atom. The van der Waals surface area contributed by atoms with Gasteiger partial charge < -0.3 is 14.8 Å². The molecule has 0 aliphatic carbocycles. The number of hydrogen-bond donors (Lipinski definition) is 1. The number of amides is 2. The Bertz CT molecular complexity index is 1440. The molecule has 1 atom stereocenters. The lowest BCUT2D eigenvalue weighted by atomic mass is 10.0. The molecule has 6 nitrogen and oxygen atoms in total. The molecule has 2 amide bonds. The molecule has 1 aromatic heterocycles. The average Bonchev–Trinajstić information content (AvgIpc) is 3.37. The van der Waals surface area contributed by atoms with Gasteiger partial charge in [0.25, 0.3) is 5.91 Å². The number of aryl methyl sites for hydroxylation is 3. The molecular weight excluding hydrogens is 480 g/mol. The van der Waals surface area contributed by atoms with Crippen LogP contribution in [-0.4, -0.2) is 39.0 Å². The van der Waals surface area contributed by atoms with E-state index in [-0.39, 0.29) is 24.4 Å². The van der Waals surface area contributed by atoms with Gasteiger partial charge in [0.05, 0.1) is 11.2 Å². The number of anilines is 1. The Balaban J connectivity index is 1.51. The third-order valence-electron chi connectivity index (χ3n) is 7.75. The van der Waals surface area contributed by atoms with E-state index in [0.29, 0.717) is 10.8 Å². The first-order valence-corrected chi connectivity index (χ1v) is 13.5. The zero-order chi connectivity index (χ0) is 26.3. The van der Waals surface area contributed by atoms with Crippen LogP contribution < -0.4 is 10.2 Å². The Kier molecular flexibility index (Phi) is 6.90. The maximum atomic E-state index is 13.4. The van der Waals surface area contributed by atoms with Crippen molar-refractivity contribution in [2.75, 3.05) is 11.4 Å². The van der Waals surface area contributed by atoms with Crippen LogP contribution >= 0.6 is 12.2 Å². The van der Waals surface area contributed by atoms with Crippen molar-refractivity contribution in [3.63, 3.8) is 0 Å². The lowest BCUT2D eigenvalue weighted by Gasteiger charge is -2.33. The molecule has 0 spiro atoms. The first kappa shape index (κ1) is 25.2. The molecule has 3 aromatic rings. The van der Waals surface area contributed by atoms with Gasteiger partial charge in [-0.15, -0.1) is 0 Å². The van der Waals surface area contributed by atoms with Crippen LogP contribution in [0.15, 0.2) is 48.3 Å². The SMILES string of the molecule is CCc1cccc2c(/C=C3\NC(=S)N(c4ccc(C)c(C)c4)C3=O)cn(CC(=O)N3CCCC[C@@H]3C)c12. The predicted molar refractivity (Wildman–Crippen MR) is 153 cm³/mol. The summed E-state index contributed by atoms with van der Waals surface area (Å²) >= 11 is 5.55. The average molecular weight is 515 g/mol. The van der Waals surface area contributed by atoms with Crippen molar-refractivity contribution in [2.24, 2.45) is 0 Å². The van der Waals surface area contributed by atoms with Gasteiger partial charge in [-0.1, -0.05) is 31.2 Å². The number of aromatic nitrogens is 1. The quantitative estimate of drug-likeness (QED) is 0.362. The second-order valence-electron chi connectivity index (χ2n) is 10.2. The van der Waals surface area contributed by atoms with Crippen LogP contribution in [0.2, 0.25) is 0 Å². The number of rotatable bonds is 5. The fourth-order valence-electron chi connectivity index (χ4n) is 5.49. The van der Waals surface area contributed by atoms with Crippen molar-refractivity contribution in [3.05, 3.63) is 70.5 Å². The Labute approximate surface area is 223 Å². The smallest absolute Gasteiger partial charge is 0.281 e. The highest BCUT2D eigenvalue weighted by molar-refractivity contribution is 7.80. The minimum atomic E-state index is -0.181. The minimum Gasteiger partial charge on any atom is -0.338 e. The zero-order valence-electron chi connectivity index (χ0n) is 22.0. The number of fused-ring (bicyclic) bond motifs is 1. The molecular formula is C30H34N4O2S. The number of carbonyl (C=O) groups is 2. The number of likely N-dealkylation sites (tertiary alicyclic amines) is 1. The van der Waals surface area contributed by atoms with Crippen molar-refractivity contribution in [1.29, 1.82) is 0 Å². The van der Waals surface area contributed by atoms with Crippen LogP contribution in [0.3, 0.4) is 0 Å². The van der Waals surface area contributed by atoms with Crippen LogP contribution in [-0.2, 0) is 22.6 Å². The van der Waals surface area contributed by atoms with E-state index in [0.717, 1.165) is 59.1 Å². The molecule has 5 rings (SSSR count). The number of nitrogens with one attached hydrogen (secondary N) is 1. The van der Waals surface area contributed by atoms with E-state index in [4.69, 9.17) is 12.2 Å². The largest absolute Gasteiger partial charge is 0.338 e. The van der Waals surface area contributed by atoms with Crippen LogP contribution in [0.4, 0.5) is 5.69 Å². The maximum Gasteiger partial charge on any atom is 0.281 e. The van der Waals surface area contributed by atoms with Gasteiger partial charge in [-0.2, -0.15) is 0 Å². The highest BCUT2D eigenvalue weighted by atomic mass is 32.1. The molecule has 0 unspecified atom stereocenters. The van der Waals surface area contributed by atoms with E-state index in [1.807, 2.05) is 55.3 Å². The molecule has 37 heavy (non-hydrogen) atoms. The standard InChI is InChI=1S/C30H34N4O2S/c1-5-22-10-8-11-25-23(17-32(28(22)25)18-27(35)33-14-7-6-9-21(33)4)16-26-29(36)34(30(37)31-26)24-13-12-19(2)20(3)15-24/h8,10-13,15-17,21H,5-7,9,14,18H2,1-4H3,(H,31,37)/b26-16-/t21-/m0/s1. The molecule has 0 bridgehead atoms. The third-order valence-corrected chi connectivity index (χ3v) is 8.03. The summed E-state index contributed by atoms with van der Waals surface area (Å²) in [5.74, 6) is -0.0367. The molecule has 7 heteroatoms. The second-order valence-corrected chi connectivity index (χ2v) is 10.6. The van der Waals surface area contributed by atoms with Crippen molar-refractivity contribution < 1.29 is 9.59 Å². The summed E-state index contributed by atoms with van der Waals surface area (Å²) in [6, 6.07) is 12.4. The molecule has 2 aliphatic rings. The fraction of sp³-hybridized carbons (Fsp3) is 0.367. The number of nitrogens with zero attached hydrogens (tertiary/aromatic N) is 3. The predicted octanol–water partition coefficient (Wildman–Crippen LogP) is 5.48. The summed E-state index contributed by atoms with van der Waals surface area (Å²) in [5.41, 5.74) is 6.58. The Morgan fingerprint density at radius 3 is 2.70 bits per heavy atom. The van der Waals surface area contributed by atoms with E-state index in [2.05, 4.69) is 35.9 Å². The van der Waals surface area contributed by atoms with Crippen molar-refractivity contribution in [2.45, 2.75) is 66.0 Å². The fourth-order valence-corrected chi connectivity index (χ4v) is 5.78. The number of hydrogen-bond acceptors (Lipinski definition) is 3. The second kappa shape index (κ2) is 10.1. The maximum absolute atomic E-state index is 13.4. The number of carbonyl (C=O) groups excluding carboxylic acids is 2. The van der Waals surface area contributed by atoms with Gasteiger partial charge in [0.1, 0.15) is 12.2 Å². The Morgan fingerprint density at radius 1 is 1.16 bits per heavy atom. The normalized spacial score (nSPS) is 19.2. The third kappa shape index (κ3) is 4.68. The van der Waals surface area contributed by atoms with Crippen LogP contribution in [0, 0.1) is 13.8 Å². The van der Waals surface area contributed by atoms with Gasteiger partial charge in [0, 0.05) is 29.7 Å². The topological polar surface area (TPSA) is 57.6 Å². The van der Waals surface area contributed by atoms with Gasteiger partial charge in [-0.3, -0.25) is 14.5 Å². The number of benzene rings is 2. The van der Waals surface area contributed by atoms with Gasteiger partial charge in [0.2, 0.25) is 5.91 Å². The highest BCUT2D eigenvalue weighted by Crippen LogP contribution is 2.30. The van der Waals surface area contributed by atoms with Gasteiger partial charge in [-0.25, -0.2) is 0 Å². The zero-order valence-corrected chi connectivity index (χ0v) is 22.8. The summed E-state index contributed by atoms with van der Waals surface area (Å²) in [7, 11) is 0. The molecule has 192 valence electrons. The summed E-state index contributed by atoms with van der Waals surface area (Å²) in [4.78, 5) is 30.3. The lowest BCUT2D eigenvalue weighted by Crippen LogP contribution is -2.43. The molecule has 2 saturated heterocycles. The van der Waals surface area contributed by atoms with Crippen molar-refractivity contribution >= 4 is 51.8 Å². The molecule has 0 radical (unpaired) electrons. The molecule has 3 heterocycles. The number of piperidine rings is 1. The number of para-hydroxylation sites is 1. The van der Waals surface area contributed by atoms with E-state index in [1.165, 1.54) is 12.0 Å². The van der Waals surface area contributed by atoms with E-state index in [9.17, 15) is 9.59 Å². The van der Waals surface area contributed by atoms with Crippen LogP contribution in [0.1, 0.15) is 55.4 Å². The monoisotopic (exact) mass is 514 g/mol. The summed E-state index contributed by atoms with van der Waals surface area (Å²) in [6.45, 7) is 9.44. The van der Waals surface area contributed by atoms with Crippen LogP contribution in [0.5, 0.6) is 0 Å². The first-order chi connectivity index (χ1) is 17.8.